The summed E-state index contributed by atoms with van der Waals surface area (Å²) in [5, 5.41) is -0.900. The third kappa shape index (κ3) is 2.12. The summed E-state index contributed by atoms with van der Waals surface area (Å²) in [6.07, 6.45) is -0.363. The Hall–Kier alpha value is -1.28. The van der Waals surface area contributed by atoms with Crippen LogP contribution in [0.1, 0.15) is 5.01 Å². The number of aromatic nitrogens is 3. The van der Waals surface area contributed by atoms with Crippen molar-refractivity contribution in [3.8, 4) is 10.6 Å². The van der Waals surface area contributed by atoms with Crippen LogP contribution in [-0.2, 0) is 6.18 Å². The topological polar surface area (TPSA) is 41.6 Å². The average molecular weight is 263 g/mol. The number of hydrogen-bond acceptors (Lipinski definition) is 4. The van der Waals surface area contributed by atoms with E-state index in [9.17, 15) is 13.2 Å². The molecule has 0 saturated carbocycles. The lowest BCUT2D eigenvalue weighted by atomic mass is 10.4. The minimum atomic E-state index is -4.43. The van der Waals surface area contributed by atoms with E-state index in [2.05, 4.69) is 15.0 Å². The maximum absolute atomic E-state index is 12.3. The Bertz CT molecular complexity index is 558. The number of hydrogen-bond donors (Lipinski definition) is 1. The highest BCUT2D eigenvalue weighted by atomic mass is 32.1. The van der Waals surface area contributed by atoms with Crippen LogP contribution < -0.4 is 0 Å². The zero-order chi connectivity index (χ0) is 11.8. The van der Waals surface area contributed by atoms with E-state index in [-0.39, 0.29) is 0 Å². The fourth-order valence-corrected chi connectivity index (χ4v) is 2.12. The molecule has 0 bridgehead atoms. The first-order valence-corrected chi connectivity index (χ1v) is 5.28. The van der Waals surface area contributed by atoms with Crippen LogP contribution in [0.5, 0.6) is 0 Å². The molecule has 0 fully saturated rings. The molecule has 2 aromatic heterocycles. The molecule has 8 heteroatoms. The SMILES string of the molecule is FC(F)(F)c1ncc(-c2ncc[nH]c2=S)s1. The number of nitrogens with one attached hydrogen (secondary N) is 1. The molecule has 1 N–H and O–H groups in total. The Morgan fingerprint density at radius 2 is 2.06 bits per heavy atom. The summed E-state index contributed by atoms with van der Waals surface area (Å²) in [7, 11) is 0. The van der Waals surface area contributed by atoms with Gasteiger partial charge in [0.05, 0.1) is 4.88 Å². The van der Waals surface area contributed by atoms with Gasteiger partial charge in [0.25, 0.3) is 0 Å². The molecule has 84 valence electrons. The molecule has 16 heavy (non-hydrogen) atoms. The molecule has 0 aliphatic rings. The molecular weight excluding hydrogens is 259 g/mol. The molecule has 0 saturated heterocycles. The van der Waals surface area contributed by atoms with Gasteiger partial charge in [0, 0.05) is 18.6 Å². The summed E-state index contributed by atoms with van der Waals surface area (Å²) in [5.74, 6) is 0. The largest absolute Gasteiger partial charge is 0.443 e. The van der Waals surface area contributed by atoms with Crippen LogP contribution in [0.3, 0.4) is 0 Å². The number of nitrogens with zero attached hydrogens (tertiary/aromatic N) is 2. The van der Waals surface area contributed by atoms with Crippen LogP contribution >= 0.6 is 23.6 Å². The summed E-state index contributed by atoms with van der Waals surface area (Å²) in [6, 6.07) is 0. The van der Waals surface area contributed by atoms with Gasteiger partial charge in [0.2, 0.25) is 0 Å². The fourth-order valence-electron chi connectivity index (χ4n) is 1.04. The summed E-state index contributed by atoms with van der Waals surface area (Å²) in [4.78, 5) is 10.2. The van der Waals surface area contributed by atoms with Crippen molar-refractivity contribution in [3.63, 3.8) is 0 Å². The van der Waals surface area contributed by atoms with Crippen LogP contribution in [-0.4, -0.2) is 15.0 Å². The van der Waals surface area contributed by atoms with Crippen molar-refractivity contribution in [2.24, 2.45) is 0 Å². The van der Waals surface area contributed by atoms with E-state index in [4.69, 9.17) is 12.2 Å². The molecule has 2 aromatic rings. The normalized spacial score (nSPS) is 11.7. The van der Waals surface area contributed by atoms with E-state index in [0.717, 1.165) is 6.20 Å². The quantitative estimate of drug-likeness (QED) is 0.803. The molecule has 0 aromatic carbocycles. The third-order valence-corrected chi connectivity index (χ3v) is 3.05. The Morgan fingerprint density at radius 1 is 1.31 bits per heavy atom. The fraction of sp³-hybridized carbons (Fsp3) is 0.125. The smallest absolute Gasteiger partial charge is 0.350 e. The molecule has 0 atom stereocenters. The van der Waals surface area contributed by atoms with Gasteiger partial charge in [-0.15, -0.1) is 11.3 Å². The van der Waals surface area contributed by atoms with Crippen molar-refractivity contribution in [1.29, 1.82) is 0 Å². The van der Waals surface area contributed by atoms with Gasteiger partial charge < -0.3 is 4.98 Å². The minimum Gasteiger partial charge on any atom is -0.350 e. The van der Waals surface area contributed by atoms with E-state index in [0.29, 0.717) is 26.5 Å². The van der Waals surface area contributed by atoms with Crippen molar-refractivity contribution >= 4 is 23.6 Å². The summed E-state index contributed by atoms with van der Waals surface area (Å²) >= 11 is 5.44. The van der Waals surface area contributed by atoms with Crippen LogP contribution in [0, 0.1) is 4.64 Å². The molecular formula is C8H4F3N3S2. The van der Waals surface area contributed by atoms with Crippen LogP contribution in [0.2, 0.25) is 0 Å². The Morgan fingerprint density at radius 3 is 2.62 bits per heavy atom. The number of H-pyrrole nitrogens is 1. The van der Waals surface area contributed by atoms with Gasteiger partial charge in [-0.05, 0) is 0 Å². The minimum absolute atomic E-state index is 0.292. The predicted octanol–water partition coefficient (Wildman–Crippen LogP) is 3.28. The molecule has 0 amide bonds. The molecule has 0 aliphatic heterocycles. The standard InChI is InChI=1S/C8H4F3N3S2/c9-8(10,11)7-14-3-4(16-7)5-6(15)13-2-1-12-5/h1-3H,(H,13,15). The van der Waals surface area contributed by atoms with E-state index in [1.165, 1.54) is 12.4 Å². The van der Waals surface area contributed by atoms with Gasteiger partial charge in [0.1, 0.15) is 10.3 Å². The molecule has 0 spiro atoms. The van der Waals surface area contributed by atoms with Gasteiger partial charge in [-0.1, -0.05) is 12.2 Å². The highest BCUT2D eigenvalue weighted by molar-refractivity contribution is 7.71. The van der Waals surface area contributed by atoms with E-state index < -0.39 is 11.2 Å². The van der Waals surface area contributed by atoms with Gasteiger partial charge in [-0.3, -0.25) is 4.98 Å². The average Bonchev–Trinajstić information content (AvgIpc) is 2.66. The number of halogens is 3. The van der Waals surface area contributed by atoms with E-state index in [1.807, 2.05) is 0 Å². The zero-order valence-electron chi connectivity index (χ0n) is 7.58. The first-order chi connectivity index (χ1) is 7.48. The summed E-state index contributed by atoms with van der Waals surface area (Å²) < 4.78 is 37.2. The molecule has 2 heterocycles. The second-order valence-electron chi connectivity index (χ2n) is 2.79. The van der Waals surface area contributed by atoms with E-state index in [1.54, 1.807) is 0 Å². The van der Waals surface area contributed by atoms with Crippen LogP contribution in [0.4, 0.5) is 13.2 Å². The van der Waals surface area contributed by atoms with Crippen LogP contribution in [0.25, 0.3) is 10.6 Å². The Kier molecular flexibility index (Phi) is 2.76. The first kappa shape index (κ1) is 11.2. The van der Waals surface area contributed by atoms with Crippen molar-refractivity contribution in [2.45, 2.75) is 6.18 Å². The Balaban J connectivity index is 2.48. The number of aromatic amines is 1. The van der Waals surface area contributed by atoms with Crippen molar-refractivity contribution in [3.05, 3.63) is 28.2 Å². The van der Waals surface area contributed by atoms with E-state index >= 15 is 0 Å². The predicted molar refractivity (Wildman–Crippen MR) is 55.5 cm³/mol. The van der Waals surface area contributed by atoms with Crippen molar-refractivity contribution < 1.29 is 13.2 Å². The van der Waals surface area contributed by atoms with Crippen molar-refractivity contribution in [1.82, 2.24) is 15.0 Å². The van der Waals surface area contributed by atoms with Gasteiger partial charge in [-0.2, -0.15) is 13.2 Å². The number of alkyl halides is 3. The maximum atomic E-state index is 12.3. The highest BCUT2D eigenvalue weighted by Crippen LogP contribution is 2.35. The van der Waals surface area contributed by atoms with Gasteiger partial charge in [-0.25, -0.2) is 4.98 Å². The Labute approximate surface area is 97.0 Å². The highest BCUT2D eigenvalue weighted by Gasteiger charge is 2.34. The molecule has 2 rings (SSSR count). The van der Waals surface area contributed by atoms with Crippen molar-refractivity contribution in [2.75, 3.05) is 0 Å². The molecule has 0 radical (unpaired) electrons. The van der Waals surface area contributed by atoms with Gasteiger partial charge in [0.15, 0.2) is 5.01 Å². The first-order valence-electron chi connectivity index (χ1n) is 4.05. The maximum Gasteiger partial charge on any atom is 0.443 e. The summed E-state index contributed by atoms with van der Waals surface area (Å²) in [5.41, 5.74) is 0.311. The molecule has 3 nitrogen and oxygen atoms in total. The summed E-state index contributed by atoms with van der Waals surface area (Å²) in [6.45, 7) is 0. The lowest BCUT2D eigenvalue weighted by Crippen LogP contribution is -2.02. The second-order valence-corrected chi connectivity index (χ2v) is 4.23. The second kappa shape index (κ2) is 3.95. The zero-order valence-corrected chi connectivity index (χ0v) is 9.21. The molecule has 0 aliphatic carbocycles. The van der Waals surface area contributed by atoms with Gasteiger partial charge >= 0.3 is 6.18 Å². The third-order valence-electron chi connectivity index (χ3n) is 1.69. The lowest BCUT2D eigenvalue weighted by molar-refractivity contribution is -0.137. The number of thiazole rings is 1. The monoisotopic (exact) mass is 263 g/mol. The molecule has 0 unspecified atom stereocenters. The number of rotatable bonds is 1. The van der Waals surface area contributed by atoms with Crippen LogP contribution in [0.15, 0.2) is 18.6 Å². The lowest BCUT2D eigenvalue weighted by Gasteiger charge is -1.99.